The van der Waals surface area contributed by atoms with E-state index in [0.29, 0.717) is 5.02 Å². The van der Waals surface area contributed by atoms with Crippen LogP contribution in [0.4, 0.5) is 0 Å². The second-order valence-electron chi connectivity index (χ2n) is 5.08. The third-order valence-electron chi connectivity index (χ3n) is 2.34. The normalized spacial score (nSPS) is 15.7. The van der Waals surface area contributed by atoms with Gasteiger partial charge in [-0.25, -0.2) is 0 Å². The fraction of sp³-hybridized carbons (Fsp3) is 0.583. The molecule has 0 amide bonds. The van der Waals surface area contributed by atoms with Gasteiger partial charge in [0.1, 0.15) is 4.75 Å². The first kappa shape index (κ1) is 14.8. The summed E-state index contributed by atoms with van der Waals surface area (Å²) in [6.07, 6.45) is 1.73. The molecule has 0 aliphatic carbocycles. The van der Waals surface area contributed by atoms with Crippen LogP contribution < -0.4 is 4.72 Å². The molecule has 3 nitrogen and oxygen atoms in total. The van der Waals surface area contributed by atoms with Crippen LogP contribution in [0.25, 0.3) is 0 Å². The van der Waals surface area contributed by atoms with Crippen molar-refractivity contribution in [1.29, 1.82) is 0 Å². The number of halogens is 1. The van der Waals surface area contributed by atoms with Crippen molar-refractivity contribution >= 4 is 23.0 Å². The zero-order valence-corrected chi connectivity index (χ0v) is 12.4. The number of aryl methyl sites for hydroxylation is 1. The molecule has 0 aliphatic heterocycles. The number of nitrogens with zero attached hydrogens (tertiary/aromatic N) is 1. The van der Waals surface area contributed by atoms with E-state index in [4.69, 9.17) is 11.6 Å². The summed E-state index contributed by atoms with van der Waals surface area (Å²) >= 11 is 4.93. The zero-order valence-electron chi connectivity index (χ0n) is 10.9. The van der Waals surface area contributed by atoms with Gasteiger partial charge in [0.05, 0.1) is 11.7 Å². The van der Waals surface area contributed by atoms with Crippen molar-refractivity contribution < 1.29 is 4.55 Å². The van der Waals surface area contributed by atoms with E-state index in [1.807, 2.05) is 40.7 Å². The molecule has 1 rings (SSSR count). The molecule has 1 N–H and O–H groups in total. The first-order valence-corrected chi connectivity index (χ1v) is 7.04. The van der Waals surface area contributed by atoms with Gasteiger partial charge in [0.25, 0.3) is 0 Å². The number of hydrogen-bond donors (Lipinski definition) is 1. The number of hydrogen-bond acceptors (Lipinski definition) is 3. The van der Waals surface area contributed by atoms with Crippen LogP contribution in [0.1, 0.15) is 45.0 Å². The highest BCUT2D eigenvalue weighted by molar-refractivity contribution is 7.90. The number of aromatic nitrogens is 1. The number of rotatable bonds is 3. The predicted octanol–water partition coefficient (Wildman–Crippen LogP) is 3.16. The average molecular weight is 275 g/mol. The number of nitrogens with one attached hydrogen (secondary N) is 1. The second-order valence-corrected chi connectivity index (χ2v) is 7.48. The van der Waals surface area contributed by atoms with Crippen molar-refractivity contribution in [3.05, 3.63) is 28.5 Å². The van der Waals surface area contributed by atoms with E-state index in [-0.39, 0.29) is 10.8 Å². The van der Waals surface area contributed by atoms with Gasteiger partial charge in [-0.3, -0.25) is 4.98 Å². The summed E-state index contributed by atoms with van der Waals surface area (Å²) in [7, 11) is 0. The fourth-order valence-electron chi connectivity index (χ4n) is 1.15. The highest BCUT2D eigenvalue weighted by Gasteiger charge is 2.28. The Morgan fingerprint density at radius 1 is 1.47 bits per heavy atom. The van der Waals surface area contributed by atoms with E-state index in [2.05, 4.69) is 9.71 Å². The summed E-state index contributed by atoms with van der Waals surface area (Å²) < 4.78 is 14.7. The van der Waals surface area contributed by atoms with E-state index in [1.165, 1.54) is 0 Å². The molecule has 17 heavy (non-hydrogen) atoms. The van der Waals surface area contributed by atoms with Crippen molar-refractivity contribution in [3.63, 3.8) is 0 Å². The van der Waals surface area contributed by atoms with Gasteiger partial charge in [-0.05, 0) is 46.2 Å². The van der Waals surface area contributed by atoms with Crippen LogP contribution in [-0.2, 0) is 11.4 Å². The molecular weight excluding hydrogens is 256 g/mol. The molecule has 96 valence electrons. The number of pyridine rings is 1. The molecule has 0 aliphatic rings. The molecule has 0 spiro atoms. The van der Waals surface area contributed by atoms with Crippen molar-refractivity contribution in [1.82, 2.24) is 9.71 Å². The maximum atomic E-state index is 11.9. The quantitative estimate of drug-likeness (QED) is 0.862. The van der Waals surface area contributed by atoms with Gasteiger partial charge >= 0.3 is 0 Å². The van der Waals surface area contributed by atoms with Crippen molar-refractivity contribution in [2.75, 3.05) is 0 Å². The smallest absolute Gasteiger partial charge is 0.136 e. The van der Waals surface area contributed by atoms with Crippen LogP contribution in [0.15, 0.2) is 12.3 Å². The lowest BCUT2D eigenvalue weighted by molar-refractivity contribution is 0.529. The van der Waals surface area contributed by atoms with Gasteiger partial charge in [-0.1, -0.05) is 11.6 Å². The first-order chi connectivity index (χ1) is 7.71. The average Bonchev–Trinajstić information content (AvgIpc) is 2.20. The highest BCUT2D eigenvalue weighted by Crippen LogP contribution is 2.21. The minimum Gasteiger partial charge on any atom is -0.598 e. The molecule has 1 aromatic rings. The minimum absolute atomic E-state index is 0.0897. The van der Waals surface area contributed by atoms with Crippen LogP contribution in [0.5, 0.6) is 0 Å². The summed E-state index contributed by atoms with van der Waals surface area (Å²) in [5, 5.41) is 0.685. The highest BCUT2D eigenvalue weighted by atomic mass is 35.5. The van der Waals surface area contributed by atoms with Crippen LogP contribution in [0.3, 0.4) is 0 Å². The van der Waals surface area contributed by atoms with E-state index >= 15 is 0 Å². The van der Waals surface area contributed by atoms with Crippen LogP contribution in [-0.4, -0.2) is 14.3 Å². The van der Waals surface area contributed by atoms with Crippen molar-refractivity contribution in [2.24, 2.45) is 0 Å². The Morgan fingerprint density at radius 3 is 2.53 bits per heavy atom. The van der Waals surface area contributed by atoms with E-state index in [9.17, 15) is 4.55 Å². The molecule has 1 aromatic heterocycles. The third-order valence-corrected chi connectivity index (χ3v) is 4.43. The summed E-state index contributed by atoms with van der Waals surface area (Å²) in [5.41, 5.74) is 1.75. The molecule has 0 saturated carbocycles. The van der Waals surface area contributed by atoms with E-state index in [0.717, 1.165) is 11.3 Å². The summed E-state index contributed by atoms with van der Waals surface area (Å²) in [4.78, 5) is 4.29. The van der Waals surface area contributed by atoms with E-state index in [1.54, 1.807) is 6.20 Å². The molecule has 5 heteroatoms. The molecule has 0 aromatic carbocycles. The summed E-state index contributed by atoms with van der Waals surface area (Å²) in [5.74, 6) is 0. The Kier molecular flexibility index (Phi) is 4.84. The predicted molar refractivity (Wildman–Crippen MR) is 73.4 cm³/mol. The molecule has 1 unspecified atom stereocenters. The van der Waals surface area contributed by atoms with Crippen molar-refractivity contribution in [2.45, 2.75) is 45.4 Å². The first-order valence-electron chi connectivity index (χ1n) is 5.52. The van der Waals surface area contributed by atoms with Gasteiger partial charge in [0.2, 0.25) is 0 Å². The fourth-order valence-corrected chi connectivity index (χ4v) is 2.10. The maximum Gasteiger partial charge on any atom is 0.136 e. The third kappa shape index (κ3) is 4.14. The molecule has 2 atom stereocenters. The molecule has 0 saturated heterocycles. The largest absolute Gasteiger partial charge is 0.598 e. The molecule has 0 fully saturated rings. The lowest BCUT2D eigenvalue weighted by Crippen LogP contribution is -2.40. The van der Waals surface area contributed by atoms with E-state index < -0.39 is 11.4 Å². The Bertz CT molecular complexity index is 393. The standard InChI is InChI=1S/C12H19ClN2OS/c1-8-7-14-11(6-10(8)13)9(2)15-17(16)12(3,4)5/h6-7,9,15H,1-5H3/t9?,17-/m1/s1. The summed E-state index contributed by atoms with van der Waals surface area (Å²) in [6, 6.07) is 1.72. The molecule has 0 radical (unpaired) electrons. The molecular formula is C12H19ClN2OS. The SMILES string of the molecule is Cc1cnc(C(C)N[S@+]([O-])C(C)(C)C)cc1Cl. The molecule has 1 heterocycles. The van der Waals surface area contributed by atoms with Crippen molar-refractivity contribution in [3.8, 4) is 0 Å². The Hall–Kier alpha value is -0.290. The monoisotopic (exact) mass is 274 g/mol. The van der Waals surface area contributed by atoms with Gasteiger partial charge in [0.15, 0.2) is 0 Å². The Labute approximate surface area is 111 Å². The van der Waals surface area contributed by atoms with Gasteiger partial charge in [-0.2, -0.15) is 0 Å². The van der Waals surface area contributed by atoms with Crippen LogP contribution >= 0.6 is 11.6 Å². The topological polar surface area (TPSA) is 48.0 Å². The van der Waals surface area contributed by atoms with Crippen LogP contribution in [0, 0.1) is 6.92 Å². The minimum atomic E-state index is -1.11. The maximum absolute atomic E-state index is 11.9. The zero-order chi connectivity index (χ0) is 13.2. The van der Waals surface area contributed by atoms with Gasteiger partial charge in [-0.15, -0.1) is 4.72 Å². The Morgan fingerprint density at radius 2 is 2.06 bits per heavy atom. The summed E-state index contributed by atoms with van der Waals surface area (Å²) in [6.45, 7) is 9.62. The van der Waals surface area contributed by atoms with Crippen LogP contribution in [0.2, 0.25) is 5.02 Å². The lowest BCUT2D eigenvalue weighted by Gasteiger charge is -2.26. The second kappa shape index (κ2) is 5.57. The van der Waals surface area contributed by atoms with Gasteiger partial charge in [0, 0.05) is 22.6 Å². The Balaban J connectivity index is 2.76. The van der Waals surface area contributed by atoms with Gasteiger partial charge < -0.3 is 4.55 Å². The molecule has 0 bridgehead atoms. The lowest BCUT2D eigenvalue weighted by atomic mass is 10.2.